The lowest BCUT2D eigenvalue weighted by Crippen LogP contribution is -2.24. The lowest BCUT2D eigenvalue weighted by atomic mass is 9.98. The van der Waals surface area contributed by atoms with E-state index in [1.165, 1.54) is 0 Å². The first-order valence-electron chi connectivity index (χ1n) is 6.57. The Labute approximate surface area is 119 Å². The van der Waals surface area contributed by atoms with Crippen LogP contribution in [0.2, 0.25) is 0 Å². The fourth-order valence-electron chi connectivity index (χ4n) is 1.93. The molecule has 4 nitrogen and oxygen atoms in total. The molecule has 2 unspecified atom stereocenters. The van der Waals surface area contributed by atoms with Gasteiger partial charge >= 0.3 is 0 Å². The monoisotopic (exact) mass is 316 g/mol. The van der Waals surface area contributed by atoms with Crippen LogP contribution in [0, 0.1) is 5.92 Å². The van der Waals surface area contributed by atoms with E-state index in [1.807, 2.05) is 10.9 Å². The second-order valence-electron chi connectivity index (χ2n) is 5.26. The lowest BCUT2D eigenvalue weighted by molar-refractivity contribution is 0.360. The Hall–Kier alpha value is -0.390. The molecule has 0 aliphatic heterocycles. The summed E-state index contributed by atoms with van der Waals surface area (Å²) in [6.45, 7) is 6.30. The first-order valence-corrected chi connectivity index (χ1v) is 7.36. The summed E-state index contributed by atoms with van der Waals surface area (Å²) < 4.78 is 3.05. The van der Waals surface area contributed by atoms with Crippen molar-refractivity contribution in [3.8, 4) is 0 Å². The molecule has 0 fully saturated rings. The molecule has 0 bridgehead atoms. The summed E-state index contributed by atoms with van der Waals surface area (Å²) in [7, 11) is 4.13. The van der Waals surface area contributed by atoms with Gasteiger partial charge in [-0.1, -0.05) is 20.3 Å². The molecule has 0 aliphatic rings. The third-order valence-electron chi connectivity index (χ3n) is 3.30. The summed E-state index contributed by atoms with van der Waals surface area (Å²) in [6, 6.07) is 0.0546. The van der Waals surface area contributed by atoms with E-state index in [9.17, 15) is 0 Å². The van der Waals surface area contributed by atoms with Gasteiger partial charge in [-0.05, 0) is 42.4 Å². The fraction of sp³-hybridized carbons (Fsp3) is 0.769. The van der Waals surface area contributed by atoms with Gasteiger partial charge in [-0.15, -0.1) is 0 Å². The Morgan fingerprint density at radius 1 is 1.50 bits per heavy atom. The van der Waals surface area contributed by atoms with Gasteiger partial charge < -0.3 is 10.6 Å². The summed E-state index contributed by atoms with van der Waals surface area (Å²) in [5.74, 6) is 0.643. The zero-order valence-corrected chi connectivity index (χ0v) is 13.4. The summed E-state index contributed by atoms with van der Waals surface area (Å²) in [4.78, 5) is 2.15. The van der Waals surface area contributed by atoms with Crippen molar-refractivity contribution in [2.45, 2.75) is 39.3 Å². The smallest absolute Gasteiger partial charge is 0.0694 e. The third kappa shape index (κ3) is 4.37. The largest absolute Gasteiger partial charge is 0.323 e. The highest BCUT2D eigenvalue weighted by Crippen LogP contribution is 2.27. The molecule has 0 aliphatic carbocycles. The van der Waals surface area contributed by atoms with E-state index >= 15 is 0 Å². The summed E-state index contributed by atoms with van der Waals surface area (Å²) >= 11 is 3.56. The van der Waals surface area contributed by atoms with E-state index in [1.54, 1.807) is 0 Å². The Morgan fingerprint density at radius 3 is 2.72 bits per heavy atom. The Bertz CT molecular complexity index is 362. The van der Waals surface area contributed by atoms with Gasteiger partial charge in [0.1, 0.15) is 0 Å². The topological polar surface area (TPSA) is 47.1 Å². The highest BCUT2D eigenvalue weighted by atomic mass is 79.9. The fourth-order valence-corrected chi connectivity index (χ4v) is 2.52. The average Bonchev–Trinajstić information content (AvgIpc) is 2.67. The normalized spacial score (nSPS) is 15.1. The summed E-state index contributed by atoms with van der Waals surface area (Å²) in [5, 5.41) is 4.41. The molecule has 0 aromatic carbocycles. The van der Waals surface area contributed by atoms with Crippen LogP contribution in [0.1, 0.15) is 38.4 Å². The molecule has 1 rings (SSSR count). The van der Waals surface area contributed by atoms with Crippen molar-refractivity contribution in [1.29, 1.82) is 0 Å². The van der Waals surface area contributed by atoms with Crippen molar-refractivity contribution in [2.24, 2.45) is 11.7 Å². The molecule has 18 heavy (non-hydrogen) atoms. The van der Waals surface area contributed by atoms with E-state index < -0.39 is 0 Å². The van der Waals surface area contributed by atoms with Crippen LogP contribution in [0.25, 0.3) is 0 Å². The minimum absolute atomic E-state index is 0.0546. The Balaban J connectivity index is 2.76. The van der Waals surface area contributed by atoms with Gasteiger partial charge in [0.05, 0.1) is 22.9 Å². The van der Waals surface area contributed by atoms with Crippen molar-refractivity contribution in [3.05, 3.63) is 16.4 Å². The predicted molar refractivity (Wildman–Crippen MR) is 79.5 cm³/mol. The number of rotatable bonds is 7. The molecule has 1 aromatic heterocycles. The first kappa shape index (κ1) is 15.7. The molecule has 2 N–H and O–H groups in total. The van der Waals surface area contributed by atoms with Crippen LogP contribution < -0.4 is 5.73 Å². The van der Waals surface area contributed by atoms with Gasteiger partial charge in [0, 0.05) is 12.6 Å². The van der Waals surface area contributed by atoms with Gasteiger partial charge in [-0.2, -0.15) is 5.10 Å². The van der Waals surface area contributed by atoms with Crippen LogP contribution in [0.15, 0.2) is 10.7 Å². The molecule has 0 saturated heterocycles. The zero-order valence-electron chi connectivity index (χ0n) is 11.9. The SMILES string of the molecule is CCC(C)CC(N)c1c(Br)cnn1CCN(C)C. The van der Waals surface area contributed by atoms with Crippen molar-refractivity contribution in [3.63, 3.8) is 0 Å². The zero-order chi connectivity index (χ0) is 13.7. The number of hydrogen-bond acceptors (Lipinski definition) is 3. The van der Waals surface area contributed by atoms with Crippen LogP contribution in [-0.2, 0) is 6.54 Å². The standard InChI is InChI=1S/C13H25BrN4/c1-5-10(2)8-12(15)13-11(14)9-16-18(13)7-6-17(3)4/h9-10,12H,5-8,15H2,1-4H3. The Kier molecular flexibility index (Phi) is 6.32. The molecule has 5 heteroatoms. The number of hydrogen-bond donors (Lipinski definition) is 1. The van der Waals surface area contributed by atoms with Crippen LogP contribution in [0.5, 0.6) is 0 Å². The molecule has 1 heterocycles. The van der Waals surface area contributed by atoms with E-state index in [4.69, 9.17) is 5.73 Å². The molecule has 1 aromatic rings. The second kappa shape index (κ2) is 7.26. The molecule has 0 amide bonds. The average molecular weight is 317 g/mol. The van der Waals surface area contributed by atoms with E-state index in [0.29, 0.717) is 5.92 Å². The highest BCUT2D eigenvalue weighted by Gasteiger charge is 2.18. The van der Waals surface area contributed by atoms with Crippen LogP contribution >= 0.6 is 15.9 Å². The minimum atomic E-state index is 0.0546. The molecule has 0 radical (unpaired) electrons. The summed E-state index contributed by atoms with van der Waals surface area (Å²) in [6.07, 6.45) is 4.02. The van der Waals surface area contributed by atoms with Crippen molar-refractivity contribution >= 4 is 15.9 Å². The Morgan fingerprint density at radius 2 is 2.17 bits per heavy atom. The van der Waals surface area contributed by atoms with Gasteiger partial charge in [0.25, 0.3) is 0 Å². The van der Waals surface area contributed by atoms with Crippen molar-refractivity contribution < 1.29 is 0 Å². The van der Waals surface area contributed by atoms with E-state index in [2.05, 4.69) is 53.9 Å². The number of aromatic nitrogens is 2. The lowest BCUT2D eigenvalue weighted by Gasteiger charge is -2.19. The van der Waals surface area contributed by atoms with Crippen LogP contribution in [0.3, 0.4) is 0 Å². The second-order valence-corrected chi connectivity index (χ2v) is 6.11. The van der Waals surface area contributed by atoms with Gasteiger partial charge in [0.2, 0.25) is 0 Å². The first-order chi connectivity index (χ1) is 8.45. The highest BCUT2D eigenvalue weighted by molar-refractivity contribution is 9.10. The van der Waals surface area contributed by atoms with Crippen LogP contribution in [-0.4, -0.2) is 35.3 Å². The molecule has 0 spiro atoms. The maximum Gasteiger partial charge on any atom is 0.0694 e. The summed E-state index contributed by atoms with van der Waals surface area (Å²) in [5.41, 5.74) is 7.44. The van der Waals surface area contributed by atoms with Gasteiger partial charge in [-0.3, -0.25) is 4.68 Å². The number of nitrogens with zero attached hydrogens (tertiary/aromatic N) is 3. The molecule has 2 atom stereocenters. The van der Waals surface area contributed by atoms with Gasteiger partial charge in [-0.25, -0.2) is 0 Å². The number of halogens is 1. The maximum atomic E-state index is 6.32. The van der Waals surface area contributed by atoms with Crippen LogP contribution in [0.4, 0.5) is 0 Å². The third-order valence-corrected chi connectivity index (χ3v) is 3.91. The predicted octanol–water partition coefficient (Wildman–Crippen LogP) is 2.64. The van der Waals surface area contributed by atoms with Gasteiger partial charge in [0.15, 0.2) is 0 Å². The quantitative estimate of drug-likeness (QED) is 0.841. The molecule has 0 saturated carbocycles. The molecule has 104 valence electrons. The number of likely N-dealkylation sites (N-methyl/N-ethyl adjacent to an activating group) is 1. The molecular weight excluding hydrogens is 292 g/mol. The minimum Gasteiger partial charge on any atom is -0.323 e. The molecular formula is C13H25BrN4. The van der Waals surface area contributed by atoms with Crippen molar-refractivity contribution in [1.82, 2.24) is 14.7 Å². The van der Waals surface area contributed by atoms with Crippen molar-refractivity contribution in [2.75, 3.05) is 20.6 Å². The maximum absolute atomic E-state index is 6.32. The van der Waals surface area contributed by atoms with E-state index in [-0.39, 0.29) is 6.04 Å². The number of nitrogens with two attached hydrogens (primary N) is 1. The van der Waals surface area contributed by atoms with E-state index in [0.717, 1.165) is 36.1 Å².